The van der Waals surface area contributed by atoms with E-state index < -0.39 is 0 Å². The summed E-state index contributed by atoms with van der Waals surface area (Å²) < 4.78 is 16.7. The normalized spacial score (nSPS) is 20.3. The molecule has 1 aliphatic rings. The molecule has 0 spiro atoms. The average molecular weight is 265 g/mol. The summed E-state index contributed by atoms with van der Waals surface area (Å²) in [6.45, 7) is 3.49. The van der Waals surface area contributed by atoms with E-state index in [1.807, 2.05) is 25.1 Å². The van der Waals surface area contributed by atoms with Gasteiger partial charge in [-0.15, -0.1) is 0 Å². The zero-order valence-electron chi connectivity index (χ0n) is 11.7. The van der Waals surface area contributed by atoms with Gasteiger partial charge >= 0.3 is 0 Å². The summed E-state index contributed by atoms with van der Waals surface area (Å²) in [5, 5.41) is 0. The van der Waals surface area contributed by atoms with E-state index in [1.54, 1.807) is 7.11 Å². The van der Waals surface area contributed by atoms with Crippen molar-refractivity contribution in [3.8, 4) is 11.5 Å². The Kier molecular flexibility index (Phi) is 5.05. The average Bonchev–Trinajstić information content (AvgIpc) is 2.91. The van der Waals surface area contributed by atoms with Crippen LogP contribution in [-0.2, 0) is 4.74 Å². The maximum atomic E-state index is 5.95. The molecule has 0 aromatic heterocycles. The number of rotatable bonds is 6. The Morgan fingerprint density at radius 2 is 2.32 bits per heavy atom. The predicted octanol–water partition coefficient (Wildman–Crippen LogP) is 2.66. The van der Waals surface area contributed by atoms with Crippen molar-refractivity contribution >= 4 is 0 Å². The summed E-state index contributed by atoms with van der Waals surface area (Å²) >= 11 is 0. The predicted molar refractivity (Wildman–Crippen MR) is 74.7 cm³/mol. The lowest BCUT2D eigenvalue weighted by Crippen LogP contribution is -2.13. The standard InChI is InChI=1S/C15H23NO3/c1-11(16)14-6-5-13(17-2)10-15(14)19-9-7-12-4-3-8-18-12/h5-6,10-12H,3-4,7-9,16H2,1-2H3. The van der Waals surface area contributed by atoms with Crippen molar-refractivity contribution in [2.24, 2.45) is 5.73 Å². The van der Waals surface area contributed by atoms with Crippen LogP contribution in [0.5, 0.6) is 11.5 Å². The van der Waals surface area contributed by atoms with Crippen LogP contribution in [0.25, 0.3) is 0 Å². The largest absolute Gasteiger partial charge is 0.497 e. The number of benzene rings is 1. The first-order valence-corrected chi connectivity index (χ1v) is 6.88. The molecule has 0 aliphatic carbocycles. The molecule has 2 rings (SSSR count). The van der Waals surface area contributed by atoms with Crippen LogP contribution < -0.4 is 15.2 Å². The number of nitrogens with two attached hydrogens (primary N) is 1. The molecule has 106 valence electrons. The van der Waals surface area contributed by atoms with Crippen LogP contribution in [0.2, 0.25) is 0 Å². The summed E-state index contributed by atoms with van der Waals surface area (Å²) in [4.78, 5) is 0. The molecule has 0 radical (unpaired) electrons. The van der Waals surface area contributed by atoms with Crippen LogP contribution in [0.15, 0.2) is 18.2 Å². The molecular formula is C15H23NO3. The Morgan fingerprint density at radius 3 is 2.95 bits per heavy atom. The van der Waals surface area contributed by atoms with Gasteiger partial charge in [-0.1, -0.05) is 6.07 Å². The third-order valence-electron chi connectivity index (χ3n) is 3.43. The Hall–Kier alpha value is -1.26. The van der Waals surface area contributed by atoms with E-state index in [4.69, 9.17) is 19.9 Å². The van der Waals surface area contributed by atoms with E-state index in [0.717, 1.165) is 42.9 Å². The summed E-state index contributed by atoms with van der Waals surface area (Å²) in [6.07, 6.45) is 3.58. The molecule has 1 aromatic carbocycles. The van der Waals surface area contributed by atoms with Crippen LogP contribution in [0, 0.1) is 0 Å². The maximum Gasteiger partial charge on any atom is 0.127 e. The SMILES string of the molecule is COc1ccc(C(C)N)c(OCCC2CCCO2)c1. The summed E-state index contributed by atoms with van der Waals surface area (Å²) in [5.74, 6) is 1.60. The minimum Gasteiger partial charge on any atom is -0.497 e. The van der Waals surface area contributed by atoms with Crippen LogP contribution in [0.3, 0.4) is 0 Å². The number of methoxy groups -OCH3 is 1. The van der Waals surface area contributed by atoms with Crippen LogP contribution >= 0.6 is 0 Å². The molecule has 2 atom stereocenters. The minimum absolute atomic E-state index is 0.0522. The van der Waals surface area contributed by atoms with E-state index in [1.165, 1.54) is 0 Å². The Bertz CT molecular complexity index is 400. The van der Waals surface area contributed by atoms with Crippen LogP contribution in [0.4, 0.5) is 0 Å². The van der Waals surface area contributed by atoms with Crippen molar-refractivity contribution in [3.63, 3.8) is 0 Å². The molecule has 1 aromatic rings. The van der Waals surface area contributed by atoms with Gasteiger partial charge in [0, 0.05) is 30.7 Å². The third kappa shape index (κ3) is 3.85. The zero-order valence-corrected chi connectivity index (χ0v) is 11.7. The fourth-order valence-corrected chi connectivity index (χ4v) is 2.32. The molecule has 1 saturated heterocycles. The Balaban J connectivity index is 1.96. The van der Waals surface area contributed by atoms with Gasteiger partial charge in [-0.05, 0) is 25.8 Å². The molecule has 1 aliphatic heterocycles. The van der Waals surface area contributed by atoms with E-state index in [-0.39, 0.29) is 6.04 Å². The van der Waals surface area contributed by atoms with Crippen molar-refractivity contribution in [3.05, 3.63) is 23.8 Å². The van der Waals surface area contributed by atoms with Gasteiger partial charge in [-0.2, -0.15) is 0 Å². The summed E-state index contributed by atoms with van der Waals surface area (Å²) in [6, 6.07) is 5.72. The number of hydrogen-bond donors (Lipinski definition) is 1. The third-order valence-corrected chi connectivity index (χ3v) is 3.43. The van der Waals surface area contributed by atoms with Gasteiger partial charge in [0.2, 0.25) is 0 Å². The molecule has 4 heteroatoms. The first-order valence-electron chi connectivity index (χ1n) is 6.88. The highest BCUT2D eigenvalue weighted by atomic mass is 16.5. The van der Waals surface area contributed by atoms with Crippen molar-refractivity contribution in [1.29, 1.82) is 0 Å². The lowest BCUT2D eigenvalue weighted by molar-refractivity contribution is 0.0901. The Labute approximate surface area is 114 Å². The monoisotopic (exact) mass is 265 g/mol. The van der Waals surface area contributed by atoms with Crippen molar-refractivity contribution in [2.75, 3.05) is 20.3 Å². The van der Waals surface area contributed by atoms with Crippen LogP contribution in [-0.4, -0.2) is 26.4 Å². The molecule has 1 fully saturated rings. The fraction of sp³-hybridized carbons (Fsp3) is 0.600. The molecule has 2 N–H and O–H groups in total. The highest BCUT2D eigenvalue weighted by Crippen LogP contribution is 2.29. The maximum absolute atomic E-state index is 5.95. The lowest BCUT2D eigenvalue weighted by Gasteiger charge is -2.16. The molecule has 0 amide bonds. The second-order valence-electron chi connectivity index (χ2n) is 4.96. The molecule has 0 bridgehead atoms. The highest BCUT2D eigenvalue weighted by molar-refractivity contribution is 5.42. The minimum atomic E-state index is -0.0522. The molecule has 0 saturated carbocycles. The first-order chi connectivity index (χ1) is 9.20. The quantitative estimate of drug-likeness (QED) is 0.859. The van der Waals surface area contributed by atoms with E-state index in [0.29, 0.717) is 12.7 Å². The van der Waals surface area contributed by atoms with E-state index >= 15 is 0 Å². The second-order valence-corrected chi connectivity index (χ2v) is 4.96. The fourth-order valence-electron chi connectivity index (χ4n) is 2.32. The highest BCUT2D eigenvalue weighted by Gasteiger charge is 2.16. The van der Waals surface area contributed by atoms with Gasteiger partial charge in [0.1, 0.15) is 11.5 Å². The molecule has 1 heterocycles. The molecule has 2 unspecified atom stereocenters. The van der Waals surface area contributed by atoms with Gasteiger partial charge in [-0.3, -0.25) is 0 Å². The van der Waals surface area contributed by atoms with Gasteiger partial charge in [-0.25, -0.2) is 0 Å². The van der Waals surface area contributed by atoms with Crippen LogP contribution in [0.1, 0.15) is 37.8 Å². The van der Waals surface area contributed by atoms with E-state index in [2.05, 4.69) is 0 Å². The smallest absolute Gasteiger partial charge is 0.127 e. The van der Waals surface area contributed by atoms with Crippen molar-refractivity contribution in [1.82, 2.24) is 0 Å². The van der Waals surface area contributed by atoms with Gasteiger partial charge in [0.05, 0.1) is 19.8 Å². The summed E-state index contributed by atoms with van der Waals surface area (Å²) in [7, 11) is 1.65. The topological polar surface area (TPSA) is 53.7 Å². The van der Waals surface area contributed by atoms with Crippen molar-refractivity contribution < 1.29 is 14.2 Å². The first kappa shape index (κ1) is 14.2. The molecular weight excluding hydrogens is 242 g/mol. The molecule has 4 nitrogen and oxygen atoms in total. The van der Waals surface area contributed by atoms with Gasteiger partial charge in [0.25, 0.3) is 0 Å². The number of ether oxygens (including phenoxy) is 3. The lowest BCUT2D eigenvalue weighted by atomic mass is 10.1. The Morgan fingerprint density at radius 1 is 1.47 bits per heavy atom. The van der Waals surface area contributed by atoms with Gasteiger partial charge < -0.3 is 19.9 Å². The second kappa shape index (κ2) is 6.78. The van der Waals surface area contributed by atoms with Crippen molar-refractivity contribution in [2.45, 2.75) is 38.3 Å². The van der Waals surface area contributed by atoms with E-state index in [9.17, 15) is 0 Å². The van der Waals surface area contributed by atoms with Gasteiger partial charge in [0.15, 0.2) is 0 Å². The molecule has 19 heavy (non-hydrogen) atoms. The summed E-state index contributed by atoms with van der Waals surface area (Å²) in [5.41, 5.74) is 6.96. The number of hydrogen-bond acceptors (Lipinski definition) is 4. The zero-order chi connectivity index (χ0) is 13.7.